The monoisotopic (exact) mass is 323 g/mol. The van der Waals surface area contributed by atoms with Crippen LogP contribution in [0.1, 0.15) is 13.3 Å². The second kappa shape index (κ2) is 6.60. The van der Waals surface area contributed by atoms with Crippen LogP contribution in [0.3, 0.4) is 0 Å². The highest BCUT2D eigenvalue weighted by molar-refractivity contribution is 8.76. The topological polar surface area (TPSA) is 105 Å². The summed E-state index contributed by atoms with van der Waals surface area (Å²) >= 11 is 0. The average Bonchev–Trinajstić information content (AvgIpc) is 2.34. The van der Waals surface area contributed by atoms with E-state index in [1.165, 1.54) is 21.6 Å². The Balaban J connectivity index is 2.54. The van der Waals surface area contributed by atoms with Crippen LogP contribution in [0.15, 0.2) is 29.4 Å². The normalized spacial score (nSPS) is 14.8. The van der Waals surface area contributed by atoms with E-state index in [1.54, 1.807) is 18.3 Å². The maximum Gasteiger partial charge on any atom is 0.327 e. The van der Waals surface area contributed by atoms with Gasteiger partial charge in [-0.2, -0.15) is 8.42 Å². The molecule has 0 aliphatic rings. The van der Waals surface area contributed by atoms with Gasteiger partial charge in [0.25, 0.3) is 10.1 Å². The summed E-state index contributed by atoms with van der Waals surface area (Å²) in [5.41, 5.74) is 0. The van der Waals surface area contributed by atoms with Crippen molar-refractivity contribution in [2.24, 2.45) is 0 Å². The minimum Gasteiger partial charge on any atom is -0.480 e. The average molecular weight is 323 g/mol. The van der Waals surface area contributed by atoms with Crippen LogP contribution >= 0.6 is 21.6 Å². The fourth-order valence-electron chi connectivity index (χ4n) is 1.08. The van der Waals surface area contributed by atoms with Gasteiger partial charge in [0.1, 0.15) is 5.03 Å². The highest BCUT2D eigenvalue weighted by atomic mass is 33.1. The number of carboxylic acids is 1. The van der Waals surface area contributed by atoms with Gasteiger partial charge >= 0.3 is 5.97 Å². The summed E-state index contributed by atoms with van der Waals surface area (Å²) in [5, 5.41) is 9.66. The van der Waals surface area contributed by atoms with Crippen molar-refractivity contribution >= 4 is 37.7 Å². The van der Waals surface area contributed by atoms with Crippen LogP contribution < -0.4 is 0 Å². The number of carbonyl (C=O) groups is 1. The number of nitrogens with zero attached hydrogens (tertiary/aromatic N) is 1. The number of rotatable bonds is 7. The number of aliphatic carboxylic acids is 1. The van der Waals surface area contributed by atoms with Gasteiger partial charge in [0, 0.05) is 11.9 Å². The zero-order chi connectivity index (χ0) is 14.5. The quantitative estimate of drug-likeness (QED) is 0.445. The lowest BCUT2D eigenvalue weighted by Crippen LogP contribution is -2.43. The van der Waals surface area contributed by atoms with Crippen LogP contribution in [0.5, 0.6) is 0 Å². The van der Waals surface area contributed by atoms with E-state index in [0.717, 1.165) is 11.9 Å². The molecule has 0 aliphatic heterocycles. The molecule has 6 nitrogen and oxygen atoms in total. The number of pyridine rings is 1. The second-order valence-electron chi connectivity index (χ2n) is 3.83. The van der Waals surface area contributed by atoms with Crippen molar-refractivity contribution in [3.05, 3.63) is 24.4 Å². The molecule has 0 fully saturated rings. The van der Waals surface area contributed by atoms with Crippen LogP contribution in [0.25, 0.3) is 0 Å². The fourth-order valence-corrected chi connectivity index (χ4v) is 3.88. The Hall–Kier alpha value is -0.770. The molecule has 0 aromatic carbocycles. The Morgan fingerprint density at radius 3 is 2.63 bits per heavy atom. The SMILES string of the molecule is CC(CCSSc1ccccn1)(C(=O)O)S(=O)(=O)O. The zero-order valence-corrected chi connectivity index (χ0v) is 12.5. The number of carboxylic acid groups (broad SMARTS) is 1. The molecule has 0 bridgehead atoms. The van der Waals surface area contributed by atoms with Crippen LogP contribution in [-0.4, -0.2) is 39.5 Å². The molecule has 0 saturated carbocycles. The Kier molecular flexibility index (Phi) is 5.65. The largest absolute Gasteiger partial charge is 0.480 e. The maximum absolute atomic E-state index is 11.1. The van der Waals surface area contributed by atoms with Crippen LogP contribution in [0, 0.1) is 0 Å². The molecule has 9 heteroatoms. The predicted molar refractivity (Wildman–Crippen MR) is 74.8 cm³/mol. The number of hydrogen-bond acceptors (Lipinski definition) is 6. The highest BCUT2D eigenvalue weighted by Gasteiger charge is 2.45. The van der Waals surface area contributed by atoms with Gasteiger partial charge in [-0.1, -0.05) is 16.9 Å². The summed E-state index contributed by atoms with van der Waals surface area (Å²) in [6.07, 6.45) is 1.44. The van der Waals surface area contributed by atoms with Gasteiger partial charge in [-0.05, 0) is 36.3 Å². The molecule has 0 saturated heterocycles. The van der Waals surface area contributed by atoms with Crippen molar-refractivity contribution in [1.29, 1.82) is 0 Å². The van der Waals surface area contributed by atoms with E-state index in [9.17, 15) is 13.2 Å². The van der Waals surface area contributed by atoms with Gasteiger partial charge in [-0.25, -0.2) is 4.98 Å². The summed E-state index contributed by atoms with van der Waals surface area (Å²) in [4.78, 5) is 15.0. The Morgan fingerprint density at radius 1 is 1.47 bits per heavy atom. The molecule has 1 atom stereocenters. The summed E-state index contributed by atoms with van der Waals surface area (Å²) in [6.45, 7) is 0.997. The minimum atomic E-state index is -4.65. The molecule has 1 rings (SSSR count). The minimum absolute atomic E-state index is 0.189. The van der Waals surface area contributed by atoms with Gasteiger partial charge < -0.3 is 5.11 Å². The molecule has 0 aliphatic carbocycles. The molecule has 2 N–H and O–H groups in total. The summed E-state index contributed by atoms with van der Waals surface area (Å²) < 4.78 is 29.0. The first-order valence-corrected chi connectivity index (χ1v) is 8.94. The lowest BCUT2D eigenvalue weighted by Gasteiger charge is -2.20. The molecule has 106 valence electrons. The number of hydrogen-bond donors (Lipinski definition) is 2. The van der Waals surface area contributed by atoms with Crippen molar-refractivity contribution in [3.63, 3.8) is 0 Å². The first-order valence-electron chi connectivity index (χ1n) is 5.18. The Bertz CT molecular complexity index is 533. The lowest BCUT2D eigenvalue weighted by atomic mass is 10.1. The molecule has 0 radical (unpaired) electrons. The smallest absolute Gasteiger partial charge is 0.327 e. The third-order valence-electron chi connectivity index (χ3n) is 2.47. The van der Waals surface area contributed by atoms with E-state index < -0.39 is 20.8 Å². The summed E-state index contributed by atoms with van der Waals surface area (Å²) in [7, 11) is -2.04. The van der Waals surface area contributed by atoms with E-state index in [1.807, 2.05) is 6.07 Å². The molecule has 1 aromatic heterocycles. The standard InChI is InChI=1S/C10H13NO5S3/c1-10(9(12)13,19(14,15)16)5-7-17-18-8-4-2-3-6-11-8/h2-4,6H,5,7H2,1H3,(H,12,13)(H,14,15,16). The summed E-state index contributed by atoms with van der Waals surface area (Å²) in [5.74, 6) is -1.30. The summed E-state index contributed by atoms with van der Waals surface area (Å²) in [6, 6.07) is 5.38. The first-order chi connectivity index (χ1) is 8.77. The maximum atomic E-state index is 11.1. The predicted octanol–water partition coefficient (Wildman–Crippen LogP) is 1.94. The van der Waals surface area contributed by atoms with E-state index in [-0.39, 0.29) is 12.2 Å². The third kappa shape index (κ3) is 4.37. The Morgan fingerprint density at radius 2 is 2.16 bits per heavy atom. The fraction of sp³-hybridized carbons (Fsp3) is 0.400. The molecule has 1 aromatic rings. The highest BCUT2D eigenvalue weighted by Crippen LogP contribution is 2.32. The van der Waals surface area contributed by atoms with E-state index >= 15 is 0 Å². The molecule has 0 amide bonds. The van der Waals surface area contributed by atoms with E-state index in [4.69, 9.17) is 9.66 Å². The van der Waals surface area contributed by atoms with E-state index in [2.05, 4.69) is 4.98 Å². The van der Waals surface area contributed by atoms with Crippen LogP contribution in [-0.2, 0) is 14.9 Å². The van der Waals surface area contributed by atoms with Crippen molar-refractivity contribution < 1.29 is 22.9 Å². The lowest BCUT2D eigenvalue weighted by molar-refractivity contribution is -0.139. The molecule has 0 spiro atoms. The van der Waals surface area contributed by atoms with Gasteiger partial charge in [-0.15, -0.1) is 0 Å². The molecular weight excluding hydrogens is 310 g/mol. The van der Waals surface area contributed by atoms with E-state index in [0.29, 0.717) is 0 Å². The molecular formula is C10H13NO5S3. The van der Waals surface area contributed by atoms with Gasteiger partial charge in [0.05, 0.1) is 0 Å². The zero-order valence-electron chi connectivity index (χ0n) is 10.0. The van der Waals surface area contributed by atoms with Crippen molar-refractivity contribution in [1.82, 2.24) is 4.98 Å². The van der Waals surface area contributed by atoms with Crippen LogP contribution in [0.2, 0.25) is 0 Å². The van der Waals surface area contributed by atoms with Crippen LogP contribution in [0.4, 0.5) is 0 Å². The van der Waals surface area contributed by atoms with Gasteiger partial charge in [0.2, 0.25) is 0 Å². The van der Waals surface area contributed by atoms with Crippen molar-refractivity contribution in [3.8, 4) is 0 Å². The number of aromatic nitrogens is 1. The van der Waals surface area contributed by atoms with Crippen molar-refractivity contribution in [2.75, 3.05) is 5.75 Å². The van der Waals surface area contributed by atoms with Gasteiger partial charge in [-0.3, -0.25) is 9.35 Å². The van der Waals surface area contributed by atoms with Gasteiger partial charge in [0.15, 0.2) is 4.75 Å². The Labute approximate surface area is 119 Å². The second-order valence-corrected chi connectivity index (χ2v) is 8.12. The molecule has 1 unspecified atom stereocenters. The molecule has 19 heavy (non-hydrogen) atoms. The molecule has 1 heterocycles. The van der Waals surface area contributed by atoms with Crippen molar-refractivity contribution in [2.45, 2.75) is 23.1 Å². The first kappa shape index (κ1) is 16.3. The third-order valence-corrected chi connectivity index (χ3v) is 6.25.